The molecule has 0 aliphatic rings. The number of hydrogen-bond donors (Lipinski definition) is 2. The maximum absolute atomic E-state index is 12.1. The Bertz CT molecular complexity index is 687. The molecule has 0 saturated heterocycles. The zero-order valence-corrected chi connectivity index (χ0v) is 13.5. The number of benzene rings is 1. The molecule has 1 heterocycles. The minimum atomic E-state index is -0.922. The highest BCUT2D eigenvalue weighted by molar-refractivity contribution is 7.16. The van der Waals surface area contributed by atoms with E-state index in [4.69, 9.17) is 5.11 Å². The molecule has 6 heteroatoms. The summed E-state index contributed by atoms with van der Waals surface area (Å²) in [5, 5.41) is 12.2. The summed E-state index contributed by atoms with van der Waals surface area (Å²) in [5.74, 6) is -1.07. The van der Waals surface area contributed by atoms with Crippen molar-refractivity contribution in [1.29, 1.82) is 0 Å². The molecule has 1 aromatic carbocycles. The summed E-state index contributed by atoms with van der Waals surface area (Å²) in [4.78, 5) is 28.1. The van der Waals surface area contributed by atoms with Crippen LogP contribution in [-0.4, -0.2) is 22.0 Å². The number of rotatable bonds is 4. The second kappa shape index (κ2) is 6.27. The minimum Gasteiger partial charge on any atom is -0.481 e. The topological polar surface area (TPSA) is 79.3 Å². The van der Waals surface area contributed by atoms with E-state index in [0.717, 1.165) is 5.56 Å². The van der Waals surface area contributed by atoms with Gasteiger partial charge in [-0.2, -0.15) is 0 Å². The summed E-state index contributed by atoms with van der Waals surface area (Å²) in [5.41, 5.74) is 0.911. The van der Waals surface area contributed by atoms with E-state index in [1.54, 1.807) is 0 Å². The van der Waals surface area contributed by atoms with Crippen LogP contribution in [0.25, 0.3) is 11.3 Å². The van der Waals surface area contributed by atoms with Crippen molar-refractivity contribution < 1.29 is 14.7 Å². The first-order valence-electron chi connectivity index (χ1n) is 6.86. The van der Waals surface area contributed by atoms with Gasteiger partial charge in [-0.15, -0.1) is 11.3 Å². The predicted molar refractivity (Wildman–Crippen MR) is 87.0 cm³/mol. The SMILES string of the molecule is CC(C)(C)C(=O)Nc1nc(-c2ccccc2)c(CC(=O)O)s1. The molecule has 2 rings (SSSR count). The van der Waals surface area contributed by atoms with Crippen LogP contribution in [0.4, 0.5) is 5.13 Å². The molecule has 1 amide bonds. The maximum atomic E-state index is 12.1. The largest absolute Gasteiger partial charge is 0.481 e. The highest BCUT2D eigenvalue weighted by Gasteiger charge is 2.23. The van der Waals surface area contributed by atoms with E-state index < -0.39 is 11.4 Å². The third-order valence-corrected chi connectivity index (χ3v) is 3.93. The molecule has 116 valence electrons. The zero-order valence-electron chi connectivity index (χ0n) is 12.7. The Balaban J connectivity index is 2.36. The van der Waals surface area contributed by atoms with Gasteiger partial charge in [-0.25, -0.2) is 4.98 Å². The Morgan fingerprint density at radius 2 is 1.86 bits per heavy atom. The number of aliphatic carboxylic acids is 1. The van der Waals surface area contributed by atoms with Gasteiger partial charge in [-0.05, 0) is 0 Å². The lowest BCUT2D eigenvalue weighted by molar-refractivity contribution is -0.136. The molecule has 0 saturated carbocycles. The van der Waals surface area contributed by atoms with Gasteiger partial charge in [0.25, 0.3) is 0 Å². The van der Waals surface area contributed by atoms with E-state index in [1.165, 1.54) is 11.3 Å². The number of aromatic nitrogens is 1. The van der Waals surface area contributed by atoms with Crippen LogP contribution in [0, 0.1) is 5.41 Å². The Labute approximate surface area is 133 Å². The number of hydrogen-bond acceptors (Lipinski definition) is 4. The van der Waals surface area contributed by atoms with Crippen LogP contribution in [0.3, 0.4) is 0 Å². The molecule has 0 unspecified atom stereocenters. The van der Waals surface area contributed by atoms with Gasteiger partial charge >= 0.3 is 5.97 Å². The molecular formula is C16H18N2O3S. The van der Waals surface area contributed by atoms with Crippen LogP contribution in [-0.2, 0) is 16.0 Å². The average Bonchev–Trinajstić information content (AvgIpc) is 2.80. The van der Waals surface area contributed by atoms with Crippen LogP contribution in [0.15, 0.2) is 30.3 Å². The molecule has 0 atom stereocenters. The minimum absolute atomic E-state index is 0.118. The highest BCUT2D eigenvalue weighted by atomic mass is 32.1. The number of carbonyl (C=O) groups excluding carboxylic acids is 1. The van der Waals surface area contributed by atoms with Crippen molar-refractivity contribution >= 4 is 28.3 Å². The Morgan fingerprint density at radius 1 is 1.23 bits per heavy atom. The second-order valence-electron chi connectivity index (χ2n) is 5.93. The fourth-order valence-corrected chi connectivity index (χ4v) is 2.74. The number of carbonyl (C=O) groups is 2. The third kappa shape index (κ3) is 3.92. The first-order valence-corrected chi connectivity index (χ1v) is 7.67. The lowest BCUT2D eigenvalue weighted by atomic mass is 9.96. The van der Waals surface area contributed by atoms with E-state index >= 15 is 0 Å². The van der Waals surface area contributed by atoms with Crippen LogP contribution in [0.2, 0.25) is 0 Å². The maximum Gasteiger partial charge on any atom is 0.308 e. The molecule has 0 fully saturated rings. The smallest absolute Gasteiger partial charge is 0.308 e. The van der Waals surface area contributed by atoms with Crippen molar-refractivity contribution in [2.45, 2.75) is 27.2 Å². The van der Waals surface area contributed by atoms with Crippen molar-refractivity contribution in [2.24, 2.45) is 5.41 Å². The number of nitrogens with zero attached hydrogens (tertiary/aromatic N) is 1. The van der Waals surface area contributed by atoms with Gasteiger partial charge in [-0.3, -0.25) is 9.59 Å². The summed E-state index contributed by atoms with van der Waals surface area (Å²) in [6.07, 6.45) is -0.118. The number of carboxylic acids is 1. The highest BCUT2D eigenvalue weighted by Crippen LogP contribution is 2.32. The number of thiazole rings is 1. The summed E-state index contributed by atoms with van der Waals surface area (Å²) in [7, 11) is 0. The first kappa shape index (κ1) is 16.2. The van der Waals surface area contributed by atoms with Crippen molar-refractivity contribution in [3.8, 4) is 11.3 Å². The van der Waals surface area contributed by atoms with Crippen molar-refractivity contribution in [3.63, 3.8) is 0 Å². The molecule has 0 bridgehead atoms. The van der Waals surface area contributed by atoms with Gasteiger partial charge < -0.3 is 10.4 Å². The van der Waals surface area contributed by atoms with Crippen molar-refractivity contribution in [1.82, 2.24) is 4.98 Å². The summed E-state index contributed by atoms with van der Waals surface area (Å²) in [6, 6.07) is 9.36. The average molecular weight is 318 g/mol. The molecule has 2 aromatic rings. The zero-order chi connectivity index (χ0) is 16.3. The van der Waals surface area contributed by atoms with Crippen molar-refractivity contribution in [2.75, 3.05) is 5.32 Å². The van der Waals surface area contributed by atoms with Crippen LogP contribution >= 0.6 is 11.3 Å². The fraction of sp³-hybridized carbons (Fsp3) is 0.312. The van der Waals surface area contributed by atoms with E-state index in [-0.39, 0.29) is 12.3 Å². The van der Waals surface area contributed by atoms with Gasteiger partial charge in [0.15, 0.2) is 5.13 Å². The van der Waals surface area contributed by atoms with Gasteiger partial charge in [-0.1, -0.05) is 51.1 Å². The van der Waals surface area contributed by atoms with Crippen molar-refractivity contribution in [3.05, 3.63) is 35.2 Å². The lowest BCUT2D eigenvalue weighted by Crippen LogP contribution is -2.27. The molecule has 1 aromatic heterocycles. The lowest BCUT2D eigenvalue weighted by Gasteiger charge is -2.15. The first-order chi connectivity index (χ1) is 10.3. The standard InChI is InChI=1S/C16H18N2O3S/c1-16(2,3)14(21)18-15-17-13(10-7-5-4-6-8-10)11(22-15)9-12(19)20/h4-8H,9H2,1-3H3,(H,19,20)(H,17,18,21). The number of nitrogens with one attached hydrogen (secondary N) is 1. The van der Waals surface area contributed by atoms with E-state index in [2.05, 4.69) is 10.3 Å². The molecule has 0 aliphatic heterocycles. The Morgan fingerprint density at radius 3 is 2.41 bits per heavy atom. The van der Waals surface area contributed by atoms with Gasteiger partial charge in [0, 0.05) is 15.9 Å². The molecule has 0 spiro atoms. The summed E-state index contributed by atoms with van der Waals surface area (Å²) < 4.78 is 0. The Hall–Kier alpha value is -2.21. The third-order valence-electron chi connectivity index (χ3n) is 2.96. The van der Waals surface area contributed by atoms with Crippen LogP contribution in [0.1, 0.15) is 25.6 Å². The van der Waals surface area contributed by atoms with E-state index in [0.29, 0.717) is 15.7 Å². The van der Waals surface area contributed by atoms with E-state index in [9.17, 15) is 9.59 Å². The molecule has 0 aliphatic carbocycles. The summed E-state index contributed by atoms with van der Waals surface area (Å²) >= 11 is 1.20. The van der Waals surface area contributed by atoms with Gasteiger partial charge in [0.1, 0.15) is 0 Å². The Kier molecular flexibility index (Phi) is 4.61. The van der Waals surface area contributed by atoms with Gasteiger partial charge in [0.2, 0.25) is 5.91 Å². The number of anilines is 1. The summed E-state index contributed by atoms with van der Waals surface area (Å²) in [6.45, 7) is 5.44. The molecule has 22 heavy (non-hydrogen) atoms. The second-order valence-corrected chi connectivity index (χ2v) is 7.02. The van der Waals surface area contributed by atoms with Crippen LogP contribution < -0.4 is 5.32 Å². The molecule has 0 radical (unpaired) electrons. The predicted octanol–water partition coefficient (Wildman–Crippen LogP) is 3.42. The number of carboxylic acid groups (broad SMARTS) is 1. The fourth-order valence-electron chi connectivity index (χ4n) is 1.77. The molecule has 2 N–H and O–H groups in total. The quantitative estimate of drug-likeness (QED) is 0.905. The molecule has 5 nitrogen and oxygen atoms in total. The molecular weight excluding hydrogens is 300 g/mol. The normalized spacial score (nSPS) is 11.2. The number of amides is 1. The van der Waals surface area contributed by atoms with E-state index in [1.807, 2.05) is 51.1 Å². The van der Waals surface area contributed by atoms with Gasteiger partial charge in [0.05, 0.1) is 12.1 Å². The van der Waals surface area contributed by atoms with Crippen LogP contribution in [0.5, 0.6) is 0 Å². The monoisotopic (exact) mass is 318 g/mol.